The molecular weight excluding hydrogens is 418 g/mol. The largest absolute Gasteiger partial charge is 0.497 e. The van der Waals surface area contributed by atoms with Gasteiger partial charge < -0.3 is 9.64 Å². The second-order valence-corrected chi connectivity index (χ2v) is 7.56. The maximum atomic E-state index is 12.1. The molecule has 2 heterocycles. The van der Waals surface area contributed by atoms with Crippen LogP contribution in [0, 0.1) is 0 Å². The van der Waals surface area contributed by atoms with Crippen LogP contribution < -0.4 is 4.74 Å². The van der Waals surface area contributed by atoms with E-state index in [2.05, 4.69) is 37.9 Å². The fourth-order valence-corrected chi connectivity index (χ4v) is 4.08. The number of amides is 1. The number of hydrogen-bond acceptors (Lipinski definition) is 4. The molecule has 1 aromatic carbocycles. The summed E-state index contributed by atoms with van der Waals surface area (Å²) in [6, 6.07) is 11.8. The molecule has 2 aromatic rings. The van der Waals surface area contributed by atoms with Gasteiger partial charge in [-0.1, -0.05) is 23.7 Å². The van der Waals surface area contributed by atoms with Gasteiger partial charge in [-0.2, -0.15) is 0 Å². The van der Waals surface area contributed by atoms with Crippen molar-refractivity contribution >= 4 is 33.4 Å². The Bertz CT molecular complexity index is 765. The second kappa shape index (κ2) is 8.37. The van der Waals surface area contributed by atoms with Gasteiger partial charge in [-0.15, -0.1) is 0 Å². The lowest BCUT2D eigenvalue weighted by Gasteiger charge is -2.41. The third-order valence-electron chi connectivity index (χ3n) is 4.60. The molecule has 1 fully saturated rings. The average molecular weight is 439 g/mol. The molecule has 1 atom stereocenters. The molecule has 1 aromatic heterocycles. The summed E-state index contributed by atoms with van der Waals surface area (Å²) < 4.78 is 5.89. The summed E-state index contributed by atoms with van der Waals surface area (Å²) in [5.41, 5.74) is 2.21. The van der Waals surface area contributed by atoms with E-state index >= 15 is 0 Å². The summed E-state index contributed by atoms with van der Waals surface area (Å²) in [4.78, 5) is 20.5. The number of rotatable bonds is 4. The van der Waals surface area contributed by atoms with Gasteiger partial charge in [0.15, 0.2) is 0 Å². The summed E-state index contributed by atoms with van der Waals surface area (Å²) in [6.07, 6.45) is 0. The number of aromatic nitrogens is 1. The minimum absolute atomic E-state index is 0.0451. The minimum atomic E-state index is -0.0451. The van der Waals surface area contributed by atoms with Crippen LogP contribution >= 0.6 is 27.5 Å². The molecule has 3 rings (SSSR count). The number of carbonyl (C=O) groups excluding carboxylic acids is 1. The average Bonchev–Trinajstić information content (AvgIpc) is 2.61. The number of piperazine rings is 1. The normalized spacial score (nSPS) is 18.0. The molecule has 0 spiro atoms. The highest BCUT2D eigenvalue weighted by atomic mass is 79.9. The number of carbonyl (C=O) groups is 1. The number of hydrogen-bond donors (Lipinski definition) is 0. The Balaban J connectivity index is 1.79. The zero-order valence-electron chi connectivity index (χ0n) is 14.8. The van der Waals surface area contributed by atoms with E-state index in [9.17, 15) is 4.79 Å². The van der Waals surface area contributed by atoms with Crippen molar-refractivity contribution in [3.8, 4) is 5.75 Å². The van der Waals surface area contributed by atoms with Crippen LogP contribution in [0.5, 0.6) is 5.75 Å². The molecule has 1 aliphatic rings. The molecule has 26 heavy (non-hydrogen) atoms. The smallest absolute Gasteiger partial charge is 0.220 e. The number of nitrogens with zero attached hydrogens (tertiary/aromatic N) is 3. The van der Waals surface area contributed by atoms with E-state index in [4.69, 9.17) is 16.3 Å². The molecule has 0 aliphatic carbocycles. The summed E-state index contributed by atoms with van der Waals surface area (Å²) >= 11 is 9.52. The first-order valence-electron chi connectivity index (χ1n) is 8.41. The monoisotopic (exact) mass is 437 g/mol. The van der Waals surface area contributed by atoms with Crippen LogP contribution in [0.1, 0.15) is 24.1 Å². The van der Waals surface area contributed by atoms with Crippen LogP contribution in [0.2, 0.25) is 5.15 Å². The quantitative estimate of drug-likeness (QED) is 0.679. The van der Waals surface area contributed by atoms with Crippen molar-refractivity contribution in [2.24, 2.45) is 0 Å². The van der Waals surface area contributed by atoms with Crippen LogP contribution in [0.4, 0.5) is 0 Å². The molecule has 0 N–H and O–H groups in total. The van der Waals surface area contributed by atoms with Gasteiger partial charge in [0.2, 0.25) is 5.91 Å². The number of ether oxygens (including phenoxy) is 1. The third kappa shape index (κ3) is 4.55. The molecule has 0 radical (unpaired) electrons. The first-order chi connectivity index (χ1) is 12.5. The van der Waals surface area contributed by atoms with Crippen LogP contribution in [0.25, 0.3) is 0 Å². The fourth-order valence-electron chi connectivity index (χ4n) is 3.31. The van der Waals surface area contributed by atoms with Crippen molar-refractivity contribution in [1.82, 2.24) is 14.8 Å². The number of halogens is 2. The Hall–Kier alpha value is -1.63. The fraction of sp³-hybridized carbons (Fsp3) is 0.368. The van der Waals surface area contributed by atoms with Gasteiger partial charge in [0.05, 0.1) is 13.2 Å². The molecule has 0 saturated carbocycles. The summed E-state index contributed by atoms with van der Waals surface area (Å²) in [7, 11) is 1.67. The van der Waals surface area contributed by atoms with Gasteiger partial charge in [-0.05, 0) is 51.3 Å². The van der Waals surface area contributed by atoms with E-state index in [1.807, 2.05) is 29.2 Å². The summed E-state index contributed by atoms with van der Waals surface area (Å²) in [6.45, 7) is 4.71. The maximum absolute atomic E-state index is 12.1. The van der Waals surface area contributed by atoms with Crippen molar-refractivity contribution in [1.29, 1.82) is 0 Å². The molecular formula is C19H21BrClN3O2. The van der Waals surface area contributed by atoms with E-state index in [0.29, 0.717) is 16.3 Å². The van der Waals surface area contributed by atoms with Gasteiger partial charge in [-0.25, -0.2) is 4.98 Å². The highest BCUT2D eigenvalue weighted by Gasteiger charge is 2.30. The van der Waals surface area contributed by atoms with Gasteiger partial charge >= 0.3 is 0 Å². The van der Waals surface area contributed by atoms with Gasteiger partial charge in [0.25, 0.3) is 0 Å². The highest BCUT2D eigenvalue weighted by Crippen LogP contribution is 2.29. The van der Waals surface area contributed by atoms with Crippen molar-refractivity contribution in [3.63, 3.8) is 0 Å². The van der Waals surface area contributed by atoms with E-state index in [1.54, 1.807) is 14.0 Å². The highest BCUT2D eigenvalue weighted by molar-refractivity contribution is 9.10. The Labute approximate surface area is 167 Å². The zero-order valence-corrected chi connectivity index (χ0v) is 17.1. The predicted molar refractivity (Wildman–Crippen MR) is 105 cm³/mol. The lowest BCUT2D eigenvalue weighted by atomic mass is 10.0. The van der Waals surface area contributed by atoms with E-state index in [0.717, 1.165) is 30.9 Å². The van der Waals surface area contributed by atoms with E-state index in [1.165, 1.54) is 5.56 Å². The number of benzene rings is 1. The Kier molecular flexibility index (Phi) is 6.16. The molecule has 7 heteroatoms. The maximum Gasteiger partial charge on any atom is 0.220 e. The summed E-state index contributed by atoms with van der Waals surface area (Å²) in [5.74, 6) is 0.924. The topological polar surface area (TPSA) is 45.7 Å². The Morgan fingerprint density at radius 2 is 2.04 bits per heavy atom. The summed E-state index contributed by atoms with van der Waals surface area (Å²) in [5, 5.41) is 0.421. The first kappa shape index (κ1) is 19.1. The van der Waals surface area contributed by atoms with Crippen LogP contribution in [0.3, 0.4) is 0 Å². The van der Waals surface area contributed by atoms with Crippen LogP contribution in [-0.4, -0.2) is 47.4 Å². The molecule has 5 nitrogen and oxygen atoms in total. The van der Waals surface area contributed by atoms with Crippen LogP contribution in [-0.2, 0) is 11.3 Å². The van der Waals surface area contributed by atoms with Gasteiger partial charge in [0.1, 0.15) is 15.5 Å². The Morgan fingerprint density at radius 3 is 2.65 bits per heavy atom. The van der Waals surface area contributed by atoms with Crippen molar-refractivity contribution in [3.05, 3.63) is 57.3 Å². The van der Waals surface area contributed by atoms with Crippen molar-refractivity contribution in [2.75, 3.05) is 26.7 Å². The standard InChI is InChI=1S/C19H21BrClN3O2/c1-13(25)24-8-7-23(11-14-3-5-16(26-2)6-4-14)12-17(24)15-9-18(20)22-19(21)10-15/h3-6,9-10,17H,7-8,11-12H2,1-2H3. The predicted octanol–water partition coefficient (Wildman–Crippen LogP) is 3.91. The lowest BCUT2D eigenvalue weighted by molar-refractivity contribution is -0.134. The van der Waals surface area contributed by atoms with E-state index < -0.39 is 0 Å². The van der Waals surface area contributed by atoms with Gasteiger partial charge in [-0.3, -0.25) is 9.69 Å². The third-order valence-corrected chi connectivity index (χ3v) is 5.20. The van der Waals surface area contributed by atoms with Crippen molar-refractivity contribution in [2.45, 2.75) is 19.5 Å². The van der Waals surface area contributed by atoms with Gasteiger partial charge in [0, 0.05) is 33.1 Å². The van der Waals surface area contributed by atoms with E-state index in [-0.39, 0.29) is 11.9 Å². The molecule has 1 amide bonds. The number of methoxy groups -OCH3 is 1. The zero-order chi connectivity index (χ0) is 18.7. The Morgan fingerprint density at radius 1 is 1.31 bits per heavy atom. The number of pyridine rings is 1. The lowest BCUT2D eigenvalue weighted by Crippen LogP contribution is -2.49. The molecule has 0 bridgehead atoms. The molecule has 1 aliphatic heterocycles. The van der Waals surface area contributed by atoms with Crippen LogP contribution in [0.15, 0.2) is 41.0 Å². The molecule has 1 unspecified atom stereocenters. The molecule has 138 valence electrons. The second-order valence-electron chi connectivity index (χ2n) is 6.36. The first-order valence-corrected chi connectivity index (χ1v) is 9.59. The SMILES string of the molecule is COc1ccc(CN2CCN(C(C)=O)C(c3cc(Cl)nc(Br)c3)C2)cc1. The molecule has 1 saturated heterocycles. The minimum Gasteiger partial charge on any atom is -0.497 e. The van der Waals surface area contributed by atoms with Crippen molar-refractivity contribution < 1.29 is 9.53 Å².